The zero-order chi connectivity index (χ0) is 14.8. The lowest BCUT2D eigenvalue weighted by Gasteiger charge is -2.19. The van der Waals surface area contributed by atoms with Crippen molar-refractivity contribution in [3.63, 3.8) is 0 Å². The van der Waals surface area contributed by atoms with Crippen LogP contribution in [-0.4, -0.2) is 36.9 Å². The highest BCUT2D eigenvalue weighted by molar-refractivity contribution is 7.89. The normalized spacial score (nSPS) is 11.8. The summed E-state index contributed by atoms with van der Waals surface area (Å²) >= 11 is 5.54. The van der Waals surface area contributed by atoms with Crippen LogP contribution in [0.15, 0.2) is 17.0 Å². The fourth-order valence-corrected chi connectivity index (χ4v) is 3.38. The van der Waals surface area contributed by atoms with Crippen LogP contribution in [0.1, 0.15) is 24.2 Å². The Morgan fingerprint density at radius 3 is 2.32 bits per heavy atom. The molecule has 0 unspecified atom stereocenters. The fraction of sp³-hybridized carbons (Fsp3) is 0.364. The Hall–Kier alpha value is -1.18. The van der Waals surface area contributed by atoms with Crippen LogP contribution < -0.4 is 0 Å². The molecule has 1 rings (SSSR count). The van der Waals surface area contributed by atoms with Crippen molar-refractivity contribution in [1.82, 2.24) is 4.31 Å². The number of carbonyl (C=O) groups is 1. The van der Waals surface area contributed by atoms with Crippen LogP contribution in [0.2, 0.25) is 5.02 Å². The Morgan fingerprint density at radius 1 is 1.37 bits per heavy atom. The zero-order valence-electron chi connectivity index (χ0n) is 10.4. The zero-order valence-corrected chi connectivity index (χ0v) is 11.9. The molecule has 1 aromatic rings. The Morgan fingerprint density at radius 2 is 1.89 bits per heavy atom. The highest BCUT2D eigenvalue weighted by Crippen LogP contribution is 2.25. The molecule has 0 radical (unpaired) electrons. The van der Waals surface area contributed by atoms with Crippen molar-refractivity contribution in [1.29, 1.82) is 0 Å². The third kappa shape index (κ3) is 3.05. The van der Waals surface area contributed by atoms with Gasteiger partial charge in [-0.15, -0.1) is 0 Å². The molecule has 0 saturated carbocycles. The molecule has 0 aliphatic rings. The summed E-state index contributed by atoms with van der Waals surface area (Å²) in [7, 11) is -3.88. The standard InChI is InChI=1S/C11H13ClFNO4S/c1-3-14(4-2)19(17,18)7-5-8(11(15)16)10(13)9(12)6-7/h5-6H,3-4H2,1-2H3,(H,15,16). The third-order valence-electron chi connectivity index (χ3n) is 2.58. The molecule has 0 aliphatic heterocycles. The summed E-state index contributed by atoms with van der Waals surface area (Å²) in [6, 6.07) is 1.69. The number of carboxylic acids is 1. The number of aromatic carboxylic acids is 1. The summed E-state index contributed by atoms with van der Waals surface area (Å²) in [5, 5.41) is 8.29. The lowest BCUT2D eigenvalue weighted by atomic mass is 10.2. The van der Waals surface area contributed by atoms with E-state index in [-0.39, 0.29) is 18.0 Å². The van der Waals surface area contributed by atoms with Gasteiger partial charge >= 0.3 is 5.97 Å². The van der Waals surface area contributed by atoms with Gasteiger partial charge in [0.2, 0.25) is 10.0 Å². The van der Waals surface area contributed by atoms with E-state index in [1.165, 1.54) is 0 Å². The molecule has 0 amide bonds. The van der Waals surface area contributed by atoms with Crippen molar-refractivity contribution < 1.29 is 22.7 Å². The number of hydrogen-bond acceptors (Lipinski definition) is 3. The number of nitrogens with zero attached hydrogens (tertiary/aromatic N) is 1. The lowest BCUT2D eigenvalue weighted by Crippen LogP contribution is -2.30. The van der Waals surface area contributed by atoms with E-state index in [1.807, 2.05) is 0 Å². The maximum absolute atomic E-state index is 13.5. The van der Waals surface area contributed by atoms with Crippen LogP contribution in [0, 0.1) is 5.82 Å². The quantitative estimate of drug-likeness (QED) is 0.905. The molecular formula is C11H13ClFNO4S. The minimum absolute atomic E-state index is 0.218. The number of carboxylic acid groups (broad SMARTS) is 1. The maximum atomic E-state index is 13.5. The van der Waals surface area contributed by atoms with Crippen LogP contribution in [0.4, 0.5) is 4.39 Å². The molecule has 19 heavy (non-hydrogen) atoms. The smallest absolute Gasteiger partial charge is 0.338 e. The summed E-state index contributed by atoms with van der Waals surface area (Å²) in [5.74, 6) is -2.72. The molecule has 8 heteroatoms. The van der Waals surface area contributed by atoms with E-state index in [2.05, 4.69) is 0 Å². The van der Waals surface area contributed by atoms with Gasteiger partial charge in [0.15, 0.2) is 5.82 Å². The summed E-state index contributed by atoms with van der Waals surface area (Å²) in [6.07, 6.45) is 0. The largest absolute Gasteiger partial charge is 0.478 e. The molecule has 0 aliphatic carbocycles. The molecule has 1 N–H and O–H groups in total. The van der Waals surface area contributed by atoms with E-state index in [1.54, 1.807) is 13.8 Å². The van der Waals surface area contributed by atoms with Crippen LogP contribution in [0.25, 0.3) is 0 Å². The minimum atomic E-state index is -3.88. The Kier molecular flexibility index (Phi) is 4.89. The van der Waals surface area contributed by atoms with Gasteiger partial charge in [0.05, 0.1) is 15.5 Å². The van der Waals surface area contributed by atoms with Crippen LogP contribution in [-0.2, 0) is 10.0 Å². The van der Waals surface area contributed by atoms with Gasteiger partial charge in [-0.05, 0) is 12.1 Å². The van der Waals surface area contributed by atoms with E-state index < -0.39 is 32.4 Å². The molecule has 1 aromatic carbocycles. The van der Waals surface area contributed by atoms with Crippen LogP contribution in [0.3, 0.4) is 0 Å². The van der Waals surface area contributed by atoms with Gasteiger partial charge in [0, 0.05) is 13.1 Å². The van der Waals surface area contributed by atoms with Gasteiger partial charge < -0.3 is 5.11 Å². The van der Waals surface area contributed by atoms with Crippen molar-refractivity contribution in [2.75, 3.05) is 13.1 Å². The van der Waals surface area contributed by atoms with Crippen molar-refractivity contribution in [3.05, 3.63) is 28.5 Å². The van der Waals surface area contributed by atoms with Gasteiger partial charge in [0.25, 0.3) is 0 Å². The summed E-state index contributed by atoms with van der Waals surface area (Å²) in [5.41, 5.74) is -0.766. The van der Waals surface area contributed by atoms with Gasteiger partial charge in [-0.3, -0.25) is 0 Å². The molecule has 0 aromatic heterocycles. The number of hydrogen-bond donors (Lipinski definition) is 1. The molecular weight excluding hydrogens is 297 g/mol. The molecule has 0 atom stereocenters. The van der Waals surface area contributed by atoms with Gasteiger partial charge in [-0.25, -0.2) is 17.6 Å². The average Bonchev–Trinajstić information content (AvgIpc) is 2.33. The first-order valence-electron chi connectivity index (χ1n) is 5.48. The number of halogens is 2. The second-order valence-corrected chi connectivity index (χ2v) is 6.01. The highest BCUT2D eigenvalue weighted by Gasteiger charge is 2.25. The SMILES string of the molecule is CCN(CC)S(=O)(=O)c1cc(Cl)c(F)c(C(=O)O)c1. The number of sulfonamides is 1. The topological polar surface area (TPSA) is 74.7 Å². The summed E-state index contributed by atoms with van der Waals surface area (Å²) in [4.78, 5) is 10.5. The molecule has 5 nitrogen and oxygen atoms in total. The number of rotatable bonds is 5. The van der Waals surface area contributed by atoms with E-state index in [4.69, 9.17) is 16.7 Å². The highest BCUT2D eigenvalue weighted by atomic mass is 35.5. The second kappa shape index (κ2) is 5.85. The van der Waals surface area contributed by atoms with Gasteiger partial charge in [-0.1, -0.05) is 25.4 Å². The number of benzene rings is 1. The second-order valence-electron chi connectivity index (χ2n) is 3.66. The first-order valence-corrected chi connectivity index (χ1v) is 7.30. The Labute approximate surface area is 115 Å². The van der Waals surface area contributed by atoms with Crippen molar-refractivity contribution in [2.24, 2.45) is 0 Å². The van der Waals surface area contributed by atoms with E-state index >= 15 is 0 Å². The molecule has 0 heterocycles. The molecule has 0 spiro atoms. The minimum Gasteiger partial charge on any atom is -0.478 e. The first-order chi connectivity index (χ1) is 8.75. The predicted octanol–water partition coefficient (Wildman–Crippen LogP) is 2.21. The van der Waals surface area contributed by atoms with E-state index in [9.17, 15) is 17.6 Å². The maximum Gasteiger partial charge on any atom is 0.338 e. The van der Waals surface area contributed by atoms with Crippen molar-refractivity contribution >= 4 is 27.6 Å². The van der Waals surface area contributed by atoms with E-state index in [0.29, 0.717) is 0 Å². The van der Waals surface area contributed by atoms with E-state index in [0.717, 1.165) is 16.4 Å². The fourth-order valence-electron chi connectivity index (χ4n) is 1.58. The van der Waals surface area contributed by atoms with Gasteiger partial charge in [-0.2, -0.15) is 4.31 Å². The molecule has 0 bridgehead atoms. The molecule has 0 saturated heterocycles. The Bertz CT molecular complexity index is 599. The van der Waals surface area contributed by atoms with Gasteiger partial charge in [0.1, 0.15) is 0 Å². The van der Waals surface area contributed by atoms with Crippen LogP contribution >= 0.6 is 11.6 Å². The summed E-state index contributed by atoms with van der Waals surface area (Å²) < 4.78 is 39.0. The monoisotopic (exact) mass is 309 g/mol. The first kappa shape index (κ1) is 15.9. The van der Waals surface area contributed by atoms with Crippen molar-refractivity contribution in [3.8, 4) is 0 Å². The lowest BCUT2D eigenvalue weighted by molar-refractivity contribution is 0.0691. The Balaban J connectivity index is 3.49. The average molecular weight is 310 g/mol. The van der Waals surface area contributed by atoms with Crippen molar-refractivity contribution in [2.45, 2.75) is 18.7 Å². The van der Waals surface area contributed by atoms with Crippen LogP contribution in [0.5, 0.6) is 0 Å². The molecule has 106 valence electrons. The summed E-state index contributed by atoms with van der Waals surface area (Å²) in [6.45, 7) is 3.72. The molecule has 0 fully saturated rings. The third-order valence-corrected chi connectivity index (χ3v) is 4.88. The predicted molar refractivity (Wildman–Crippen MR) is 68.5 cm³/mol.